The number of esters is 1. The number of para-hydroxylation sites is 1. The number of aryl methyl sites for hydroxylation is 1. The number of benzene rings is 3. The molecule has 0 radical (unpaired) electrons. The van der Waals surface area contributed by atoms with Crippen LogP contribution in [0.4, 0.5) is 23.7 Å². The molecule has 232 valence electrons. The average molecular weight is 639 g/mol. The van der Waals surface area contributed by atoms with E-state index in [-0.39, 0.29) is 22.6 Å². The number of hydrogen-bond acceptors (Lipinski definition) is 8. The molecule has 1 aliphatic rings. The van der Waals surface area contributed by atoms with Crippen LogP contribution in [0.5, 0.6) is 5.75 Å². The fraction of sp³-hybridized carbons (Fsp3) is 0.200. The Bertz CT molecular complexity index is 1740. The summed E-state index contributed by atoms with van der Waals surface area (Å²) in [6.07, 6.45) is -2.73. The van der Waals surface area contributed by atoms with Crippen LogP contribution in [0.3, 0.4) is 0 Å². The maximum absolute atomic E-state index is 13.0. The number of carbonyl (C=O) groups is 3. The van der Waals surface area contributed by atoms with Gasteiger partial charge in [-0.1, -0.05) is 61.2 Å². The average Bonchev–Trinajstić information content (AvgIpc) is 3.66. The summed E-state index contributed by atoms with van der Waals surface area (Å²) in [5.74, 6) is -0.891. The number of thioether (sulfide) groups is 1. The summed E-state index contributed by atoms with van der Waals surface area (Å²) in [4.78, 5) is 48.1. The molecule has 4 aromatic rings. The SMILES string of the molecule is CCc1ccccc1N1C(=O)CSC1=NC(=O)NC(C(=O)OC)c1ccc(-c2ncn(-c3ccc(OC(F)(F)F)cc3)n2)cc1. The van der Waals surface area contributed by atoms with Crippen LogP contribution in [0, 0.1) is 0 Å². The number of aliphatic imine (C=N–C) groups is 1. The lowest BCUT2D eigenvalue weighted by Gasteiger charge is -2.20. The summed E-state index contributed by atoms with van der Waals surface area (Å²) in [5, 5.41) is 7.12. The number of nitrogens with one attached hydrogen (secondary N) is 1. The fourth-order valence-corrected chi connectivity index (χ4v) is 5.35. The minimum atomic E-state index is -4.80. The van der Waals surface area contributed by atoms with Gasteiger partial charge in [-0.25, -0.2) is 19.3 Å². The molecule has 1 atom stereocenters. The first-order valence-corrected chi connectivity index (χ1v) is 14.4. The summed E-state index contributed by atoms with van der Waals surface area (Å²) in [6, 6.07) is 16.9. The van der Waals surface area contributed by atoms with Crippen molar-refractivity contribution in [1.82, 2.24) is 20.1 Å². The molecule has 1 fully saturated rings. The van der Waals surface area contributed by atoms with Crippen molar-refractivity contribution in [3.8, 4) is 22.8 Å². The van der Waals surface area contributed by atoms with Gasteiger partial charge in [0.15, 0.2) is 17.0 Å². The third-order valence-electron chi connectivity index (χ3n) is 6.61. The third-order valence-corrected chi connectivity index (χ3v) is 7.53. The largest absolute Gasteiger partial charge is 0.573 e. The smallest absolute Gasteiger partial charge is 0.467 e. The van der Waals surface area contributed by atoms with Gasteiger partial charge in [0.05, 0.1) is 24.2 Å². The third kappa shape index (κ3) is 7.32. The van der Waals surface area contributed by atoms with Gasteiger partial charge in [0.1, 0.15) is 12.1 Å². The van der Waals surface area contributed by atoms with Crippen LogP contribution >= 0.6 is 11.8 Å². The van der Waals surface area contributed by atoms with Gasteiger partial charge in [-0.15, -0.1) is 18.3 Å². The van der Waals surface area contributed by atoms with Crippen LogP contribution in [0.15, 0.2) is 84.1 Å². The Kier molecular flexibility index (Phi) is 9.18. The molecule has 15 heteroatoms. The van der Waals surface area contributed by atoms with Gasteiger partial charge < -0.3 is 14.8 Å². The first kappa shape index (κ1) is 31.3. The highest BCUT2D eigenvalue weighted by molar-refractivity contribution is 8.15. The van der Waals surface area contributed by atoms with Gasteiger partial charge in [0.25, 0.3) is 0 Å². The highest BCUT2D eigenvalue weighted by atomic mass is 32.2. The van der Waals surface area contributed by atoms with E-state index in [4.69, 9.17) is 4.74 Å². The number of hydrogen-bond donors (Lipinski definition) is 1. The van der Waals surface area contributed by atoms with Crippen LogP contribution < -0.4 is 15.0 Å². The fourth-order valence-electron chi connectivity index (χ4n) is 4.49. The maximum atomic E-state index is 13.0. The quantitative estimate of drug-likeness (QED) is 0.252. The van der Waals surface area contributed by atoms with Crippen molar-refractivity contribution in [2.75, 3.05) is 17.8 Å². The number of aromatic nitrogens is 3. The molecule has 3 aromatic carbocycles. The van der Waals surface area contributed by atoms with Crippen molar-refractivity contribution >= 4 is 40.5 Å². The van der Waals surface area contributed by atoms with E-state index >= 15 is 0 Å². The second kappa shape index (κ2) is 13.2. The number of alkyl halides is 3. The first-order valence-electron chi connectivity index (χ1n) is 13.4. The molecule has 0 bridgehead atoms. The lowest BCUT2D eigenvalue weighted by molar-refractivity contribution is -0.274. The van der Waals surface area contributed by atoms with E-state index in [0.29, 0.717) is 34.7 Å². The Hall–Kier alpha value is -5.18. The number of nitrogens with zero attached hydrogens (tertiary/aromatic N) is 5. The first-order chi connectivity index (χ1) is 21.6. The van der Waals surface area contributed by atoms with Gasteiger partial charge in [-0.3, -0.25) is 9.69 Å². The van der Waals surface area contributed by atoms with Crippen LogP contribution in [0.1, 0.15) is 24.1 Å². The number of rotatable bonds is 8. The topological polar surface area (TPSA) is 128 Å². The predicted octanol–water partition coefficient (Wildman–Crippen LogP) is 5.46. The van der Waals surface area contributed by atoms with Crippen molar-refractivity contribution < 1.29 is 37.0 Å². The Labute approximate surface area is 259 Å². The molecular formula is C30H25F3N6O5S. The summed E-state index contributed by atoms with van der Waals surface area (Å²) < 4.78 is 47.5. The predicted molar refractivity (Wildman–Crippen MR) is 160 cm³/mol. The Balaban J connectivity index is 1.31. The Morgan fingerprint density at radius 3 is 2.44 bits per heavy atom. The number of ether oxygens (including phenoxy) is 2. The monoisotopic (exact) mass is 638 g/mol. The van der Waals surface area contributed by atoms with E-state index in [1.54, 1.807) is 36.4 Å². The molecule has 0 spiro atoms. The molecule has 1 unspecified atom stereocenters. The van der Waals surface area contributed by atoms with Crippen molar-refractivity contribution in [3.63, 3.8) is 0 Å². The van der Waals surface area contributed by atoms with Gasteiger partial charge >= 0.3 is 18.4 Å². The number of amides is 3. The van der Waals surface area contributed by atoms with E-state index in [2.05, 4.69) is 25.1 Å². The number of halogens is 3. The zero-order chi connectivity index (χ0) is 32.1. The second-order valence-corrected chi connectivity index (χ2v) is 10.4. The van der Waals surface area contributed by atoms with E-state index in [0.717, 1.165) is 29.5 Å². The summed E-state index contributed by atoms with van der Waals surface area (Å²) in [7, 11) is 1.19. The molecule has 5 rings (SSSR count). The molecule has 1 aromatic heterocycles. The van der Waals surface area contributed by atoms with E-state index in [1.165, 1.54) is 35.2 Å². The molecule has 1 aliphatic heterocycles. The molecule has 0 aliphatic carbocycles. The van der Waals surface area contributed by atoms with Crippen LogP contribution in [-0.4, -0.2) is 57.1 Å². The molecule has 45 heavy (non-hydrogen) atoms. The van der Waals surface area contributed by atoms with Gasteiger partial charge in [0, 0.05) is 5.56 Å². The van der Waals surface area contributed by atoms with E-state index < -0.39 is 24.4 Å². The molecule has 1 saturated heterocycles. The highest BCUT2D eigenvalue weighted by Gasteiger charge is 2.33. The molecule has 2 heterocycles. The van der Waals surface area contributed by atoms with Crippen LogP contribution in [-0.2, 0) is 20.7 Å². The number of amidine groups is 1. The van der Waals surface area contributed by atoms with Crippen LogP contribution in [0.2, 0.25) is 0 Å². The van der Waals surface area contributed by atoms with Crippen molar-refractivity contribution in [3.05, 3.63) is 90.3 Å². The molecule has 0 saturated carbocycles. The van der Waals surface area contributed by atoms with Gasteiger partial charge in [-0.2, -0.15) is 4.99 Å². The number of anilines is 1. The van der Waals surface area contributed by atoms with Crippen molar-refractivity contribution in [2.45, 2.75) is 25.7 Å². The summed E-state index contributed by atoms with van der Waals surface area (Å²) in [6.45, 7) is 1.96. The maximum Gasteiger partial charge on any atom is 0.573 e. The minimum absolute atomic E-state index is 0.119. The molecule has 1 N–H and O–H groups in total. The second-order valence-electron chi connectivity index (χ2n) is 9.48. The standard InChI is InChI=1S/C30H25F3N6O5S/c1-3-18-6-4-5-7-23(18)39-24(40)16-45-29(39)36-28(42)35-25(27(41)43-2)19-8-10-20(11-9-19)26-34-17-38(37-26)21-12-14-22(15-13-21)44-30(31,32)33/h4-15,17,25H,3,16H2,1-2H3,(H,35,42). The van der Waals surface area contributed by atoms with Crippen molar-refractivity contribution in [2.24, 2.45) is 4.99 Å². The molecular weight excluding hydrogens is 613 g/mol. The lowest BCUT2D eigenvalue weighted by Crippen LogP contribution is -2.35. The van der Waals surface area contributed by atoms with Gasteiger partial charge in [-0.05, 0) is 47.9 Å². The highest BCUT2D eigenvalue weighted by Crippen LogP contribution is 2.30. The minimum Gasteiger partial charge on any atom is -0.467 e. The Morgan fingerprint density at radius 1 is 1.07 bits per heavy atom. The summed E-state index contributed by atoms with van der Waals surface area (Å²) in [5.41, 5.74) is 2.97. The number of carbonyl (C=O) groups excluding carboxylic acids is 3. The normalized spacial score (nSPS) is 14.8. The number of urea groups is 1. The summed E-state index contributed by atoms with van der Waals surface area (Å²) >= 11 is 1.12. The van der Waals surface area contributed by atoms with E-state index in [9.17, 15) is 27.6 Å². The lowest BCUT2D eigenvalue weighted by atomic mass is 10.0. The van der Waals surface area contributed by atoms with Crippen LogP contribution in [0.25, 0.3) is 17.1 Å². The van der Waals surface area contributed by atoms with E-state index in [1.807, 2.05) is 19.1 Å². The molecule has 11 nitrogen and oxygen atoms in total. The molecule has 3 amide bonds. The zero-order valence-electron chi connectivity index (χ0n) is 23.8. The Morgan fingerprint density at radius 2 is 1.78 bits per heavy atom. The number of methoxy groups -OCH3 is 1. The zero-order valence-corrected chi connectivity index (χ0v) is 24.6. The van der Waals surface area contributed by atoms with Gasteiger partial charge in [0.2, 0.25) is 5.91 Å². The van der Waals surface area contributed by atoms with Crippen molar-refractivity contribution in [1.29, 1.82) is 0 Å².